The third-order valence-corrected chi connectivity index (χ3v) is 6.59. The number of thioether (sulfide) groups is 1. The number of rotatable bonds is 9. The largest absolute Gasteiger partial charge is 0.321 e. The number of carbonyl (C=O) groups excluding carboxylic acids is 3. The zero-order valence-corrected chi connectivity index (χ0v) is 22.6. The number of nitrogens with one attached hydrogen (secondary N) is 3. The van der Waals surface area contributed by atoms with Gasteiger partial charge < -0.3 is 16.0 Å². The minimum atomic E-state index is -0.478. The second-order valence-electron chi connectivity index (χ2n) is 8.47. The van der Waals surface area contributed by atoms with Gasteiger partial charge in [0.1, 0.15) is 11.5 Å². The van der Waals surface area contributed by atoms with E-state index in [9.17, 15) is 14.4 Å². The molecule has 0 saturated heterocycles. The Morgan fingerprint density at radius 3 is 2.38 bits per heavy atom. The first-order valence-corrected chi connectivity index (χ1v) is 13.3. The molecule has 4 aromatic rings. The molecule has 4 rings (SSSR count). The van der Waals surface area contributed by atoms with Crippen LogP contribution in [0.4, 0.5) is 11.5 Å². The molecule has 0 saturated carbocycles. The van der Waals surface area contributed by atoms with Gasteiger partial charge >= 0.3 is 0 Å². The fourth-order valence-corrected chi connectivity index (χ4v) is 4.28. The molecule has 1 aromatic heterocycles. The summed E-state index contributed by atoms with van der Waals surface area (Å²) in [5.74, 6) is -0.538. The molecule has 0 bridgehead atoms. The first-order chi connectivity index (χ1) is 18.9. The van der Waals surface area contributed by atoms with Crippen LogP contribution in [-0.2, 0) is 9.59 Å². The molecule has 3 N–H and O–H groups in total. The average Bonchev–Trinajstić information content (AvgIpc) is 2.94. The Morgan fingerprint density at radius 2 is 1.67 bits per heavy atom. The molecular weight excluding hydrogens is 532 g/mol. The maximum atomic E-state index is 13.3. The summed E-state index contributed by atoms with van der Waals surface area (Å²) in [6.45, 7) is 1.97. The van der Waals surface area contributed by atoms with Crippen molar-refractivity contribution in [2.75, 3.05) is 16.4 Å². The Hall–Kier alpha value is -4.40. The van der Waals surface area contributed by atoms with Crippen LogP contribution in [0.5, 0.6) is 0 Å². The van der Waals surface area contributed by atoms with Crippen molar-refractivity contribution in [1.82, 2.24) is 10.3 Å². The van der Waals surface area contributed by atoms with Gasteiger partial charge in [0.2, 0.25) is 5.91 Å². The number of pyridine rings is 1. The van der Waals surface area contributed by atoms with Crippen LogP contribution in [0.2, 0.25) is 5.02 Å². The molecule has 3 amide bonds. The van der Waals surface area contributed by atoms with Gasteiger partial charge in [-0.05, 0) is 61.0 Å². The standard InChI is InChI=1S/C30H25ClN4O3S/c1-20-10-12-21(13-11-20)16-26(34-29(37)22-6-3-2-4-7-22)30(38)33-24-8-5-9-25(17-24)39-19-28(36)35-27-15-14-23(31)18-32-27/h2-18H,19H2,1H3,(H,33,38)(H,34,37)(H,32,35,36)/b26-16-. The number of hydrogen-bond donors (Lipinski definition) is 3. The molecule has 0 aliphatic rings. The predicted octanol–water partition coefficient (Wildman–Crippen LogP) is 6.18. The van der Waals surface area contributed by atoms with Crippen LogP contribution in [0.1, 0.15) is 21.5 Å². The van der Waals surface area contributed by atoms with E-state index in [0.717, 1.165) is 16.0 Å². The highest BCUT2D eigenvalue weighted by molar-refractivity contribution is 8.00. The summed E-state index contributed by atoms with van der Waals surface area (Å²) in [6, 6.07) is 26.7. The van der Waals surface area contributed by atoms with E-state index in [-0.39, 0.29) is 17.4 Å². The van der Waals surface area contributed by atoms with Crippen LogP contribution < -0.4 is 16.0 Å². The smallest absolute Gasteiger partial charge is 0.272 e. The third kappa shape index (κ3) is 8.56. The van der Waals surface area contributed by atoms with Crippen LogP contribution in [-0.4, -0.2) is 28.5 Å². The Bertz CT molecular complexity index is 1490. The maximum absolute atomic E-state index is 13.3. The molecule has 0 aliphatic carbocycles. The van der Waals surface area contributed by atoms with E-state index in [4.69, 9.17) is 11.6 Å². The zero-order chi connectivity index (χ0) is 27.6. The molecule has 0 spiro atoms. The fraction of sp³-hybridized carbons (Fsp3) is 0.0667. The van der Waals surface area contributed by atoms with Gasteiger partial charge in [-0.3, -0.25) is 14.4 Å². The Morgan fingerprint density at radius 1 is 0.897 bits per heavy atom. The second-order valence-corrected chi connectivity index (χ2v) is 9.95. The summed E-state index contributed by atoms with van der Waals surface area (Å²) in [5.41, 5.74) is 2.91. The molecule has 0 atom stereocenters. The predicted molar refractivity (Wildman–Crippen MR) is 157 cm³/mol. The first kappa shape index (κ1) is 27.6. The van der Waals surface area contributed by atoms with Crippen molar-refractivity contribution < 1.29 is 14.4 Å². The lowest BCUT2D eigenvalue weighted by Gasteiger charge is -2.12. The Labute approximate surface area is 235 Å². The number of halogens is 1. The molecule has 9 heteroatoms. The van der Waals surface area contributed by atoms with E-state index < -0.39 is 11.8 Å². The fourth-order valence-electron chi connectivity index (χ4n) is 3.41. The number of nitrogens with zero attached hydrogens (tertiary/aromatic N) is 1. The van der Waals surface area contributed by atoms with Gasteiger partial charge in [0, 0.05) is 22.3 Å². The van der Waals surface area contributed by atoms with Crippen LogP contribution >= 0.6 is 23.4 Å². The highest BCUT2D eigenvalue weighted by Crippen LogP contribution is 2.22. The lowest BCUT2D eigenvalue weighted by atomic mass is 10.1. The second kappa shape index (κ2) is 13.4. The Kier molecular flexibility index (Phi) is 9.50. The monoisotopic (exact) mass is 556 g/mol. The molecule has 0 aliphatic heterocycles. The molecule has 0 unspecified atom stereocenters. The molecule has 0 radical (unpaired) electrons. The van der Waals surface area contributed by atoms with E-state index in [0.29, 0.717) is 22.1 Å². The van der Waals surface area contributed by atoms with Crippen molar-refractivity contribution in [3.63, 3.8) is 0 Å². The number of anilines is 2. The van der Waals surface area contributed by atoms with Gasteiger partial charge in [-0.15, -0.1) is 11.8 Å². The first-order valence-electron chi connectivity index (χ1n) is 12.0. The van der Waals surface area contributed by atoms with Crippen molar-refractivity contribution in [3.05, 3.63) is 125 Å². The lowest BCUT2D eigenvalue weighted by Crippen LogP contribution is -2.30. The van der Waals surface area contributed by atoms with Crippen molar-refractivity contribution in [1.29, 1.82) is 0 Å². The van der Waals surface area contributed by atoms with Gasteiger partial charge in [0.15, 0.2) is 0 Å². The quantitative estimate of drug-likeness (QED) is 0.169. The molecule has 0 fully saturated rings. The number of amides is 3. The summed E-state index contributed by atoms with van der Waals surface area (Å²) in [4.78, 5) is 43.2. The van der Waals surface area contributed by atoms with Gasteiger partial charge in [-0.25, -0.2) is 4.98 Å². The third-order valence-electron chi connectivity index (χ3n) is 5.37. The number of carbonyl (C=O) groups is 3. The number of aryl methyl sites for hydroxylation is 1. The molecule has 1 heterocycles. The molecule has 3 aromatic carbocycles. The van der Waals surface area contributed by atoms with Gasteiger partial charge in [-0.2, -0.15) is 0 Å². The Balaban J connectivity index is 1.44. The van der Waals surface area contributed by atoms with E-state index in [2.05, 4.69) is 20.9 Å². The summed E-state index contributed by atoms with van der Waals surface area (Å²) >= 11 is 7.14. The van der Waals surface area contributed by atoms with Crippen molar-refractivity contribution >= 4 is 58.7 Å². The van der Waals surface area contributed by atoms with Crippen LogP contribution in [0.3, 0.4) is 0 Å². The summed E-state index contributed by atoms with van der Waals surface area (Å²) in [7, 11) is 0. The zero-order valence-electron chi connectivity index (χ0n) is 21.0. The highest BCUT2D eigenvalue weighted by atomic mass is 35.5. The lowest BCUT2D eigenvalue weighted by molar-refractivity contribution is -0.114. The summed E-state index contributed by atoms with van der Waals surface area (Å²) < 4.78 is 0. The van der Waals surface area contributed by atoms with E-state index in [1.807, 2.05) is 43.3 Å². The van der Waals surface area contributed by atoms with Crippen LogP contribution in [0, 0.1) is 6.92 Å². The number of aromatic nitrogens is 1. The van der Waals surface area contributed by atoms with Crippen LogP contribution in [0.15, 0.2) is 108 Å². The molecule has 7 nitrogen and oxygen atoms in total. The topological polar surface area (TPSA) is 100 Å². The van der Waals surface area contributed by atoms with Crippen molar-refractivity contribution in [2.45, 2.75) is 11.8 Å². The molecule has 39 heavy (non-hydrogen) atoms. The summed E-state index contributed by atoms with van der Waals surface area (Å²) in [5, 5.41) is 8.78. The van der Waals surface area contributed by atoms with Gasteiger partial charge in [-0.1, -0.05) is 65.7 Å². The van der Waals surface area contributed by atoms with E-state index in [1.54, 1.807) is 60.7 Å². The molecule has 196 valence electrons. The van der Waals surface area contributed by atoms with Crippen molar-refractivity contribution in [2.24, 2.45) is 0 Å². The molecular formula is C30H25ClN4O3S. The normalized spacial score (nSPS) is 11.0. The maximum Gasteiger partial charge on any atom is 0.272 e. The van der Waals surface area contributed by atoms with Crippen molar-refractivity contribution in [3.8, 4) is 0 Å². The van der Waals surface area contributed by atoms with E-state index in [1.165, 1.54) is 18.0 Å². The minimum Gasteiger partial charge on any atom is -0.321 e. The SMILES string of the molecule is Cc1ccc(/C=C(\NC(=O)c2ccccc2)C(=O)Nc2cccc(SCC(=O)Nc3ccc(Cl)cn3)c2)cc1. The number of hydrogen-bond acceptors (Lipinski definition) is 5. The van der Waals surface area contributed by atoms with E-state index >= 15 is 0 Å². The average molecular weight is 557 g/mol. The van der Waals surface area contributed by atoms with Crippen LogP contribution in [0.25, 0.3) is 6.08 Å². The number of benzene rings is 3. The van der Waals surface area contributed by atoms with Gasteiger partial charge in [0.25, 0.3) is 11.8 Å². The minimum absolute atomic E-state index is 0.0978. The highest BCUT2D eigenvalue weighted by Gasteiger charge is 2.15. The van der Waals surface area contributed by atoms with Gasteiger partial charge in [0.05, 0.1) is 10.8 Å². The summed E-state index contributed by atoms with van der Waals surface area (Å²) in [6.07, 6.45) is 3.09.